The number of hydrogen-bond acceptors (Lipinski definition) is 4. The van der Waals surface area contributed by atoms with Crippen molar-refractivity contribution in [2.75, 3.05) is 7.05 Å². The van der Waals surface area contributed by atoms with Crippen LogP contribution in [0, 0.1) is 4.77 Å². The molecule has 2 N–H and O–H groups in total. The summed E-state index contributed by atoms with van der Waals surface area (Å²) in [5.74, 6) is 0.416. The van der Waals surface area contributed by atoms with Crippen LogP contribution in [0.5, 0.6) is 0 Å². The highest BCUT2D eigenvalue weighted by atomic mass is 32.1. The van der Waals surface area contributed by atoms with Crippen LogP contribution >= 0.6 is 12.2 Å². The van der Waals surface area contributed by atoms with Gasteiger partial charge in [-0.1, -0.05) is 60.7 Å². The van der Waals surface area contributed by atoms with Gasteiger partial charge < -0.3 is 10.3 Å². The molecular weight excluding hydrogens is 370 g/mol. The molecule has 0 atom stereocenters. The van der Waals surface area contributed by atoms with Gasteiger partial charge >= 0.3 is 0 Å². The van der Waals surface area contributed by atoms with Crippen LogP contribution in [0.4, 0.5) is 0 Å². The van der Waals surface area contributed by atoms with Crippen molar-refractivity contribution in [1.82, 2.24) is 19.2 Å². The fourth-order valence-corrected chi connectivity index (χ4v) is 3.55. The van der Waals surface area contributed by atoms with Gasteiger partial charge in [0.25, 0.3) is 0 Å². The number of carbonyl (C=O) groups is 1. The molecule has 0 saturated heterocycles. The van der Waals surface area contributed by atoms with E-state index in [0.717, 1.165) is 5.82 Å². The molecule has 28 heavy (non-hydrogen) atoms. The highest BCUT2D eigenvalue weighted by Gasteiger charge is 2.20. The van der Waals surface area contributed by atoms with Gasteiger partial charge in [0.05, 0.1) is 12.7 Å². The molecule has 146 valence electrons. The average molecular weight is 396 g/mol. The Bertz CT molecular complexity index is 942. The van der Waals surface area contributed by atoms with Crippen LogP contribution in [0.1, 0.15) is 29.4 Å². The zero-order valence-electron chi connectivity index (χ0n) is 16.2. The second-order valence-electron chi connectivity index (χ2n) is 6.85. The Hall–Kier alpha value is -2.77. The number of rotatable bonds is 8. The first-order valence-corrected chi connectivity index (χ1v) is 9.59. The zero-order valence-corrected chi connectivity index (χ0v) is 17.0. The number of hydrogen-bond donors (Lipinski definition) is 1. The summed E-state index contributed by atoms with van der Waals surface area (Å²) in [5.41, 5.74) is 7.67. The Labute approximate surface area is 170 Å². The molecule has 0 saturated carbocycles. The zero-order chi connectivity index (χ0) is 20.1. The van der Waals surface area contributed by atoms with Gasteiger partial charge in [0.15, 0.2) is 4.77 Å². The minimum atomic E-state index is -0.342. The van der Waals surface area contributed by atoms with E-state index in [1.165, 1.54) is 11.1 Å². The van der Waals surface area contributed by atoms with E-state index >= 15 is 0 Å². The smallest absolute Gasteiger partial charge is 0.217 e. The van der Waals surface area contributed by atoms with Gasteiger partial charge in [-0.2, -0.15) is 5.10 Å². The van der Waals surface area contributed by atoms with Gasteiger partial charge in [-0.05, 0) is 30.4 Å². The van der Waals surface area contributed by atoms with E-state index in [0.29, 0.717) is 17.9 Å². The van der Waals surface area contributed by atoms with Crippen molar-refractivity contribution >= 4 is 18.1 Å². The predicted molar refractivity (Wildman–Crippen MR) is 112 cm³/mol. The normalized spacial score (nSPS) is 11.3. The van der Waals surface area contributed by atoms with Crippen molar-refractivity contribution in [1.29, 1.82) is 0 Å². The van der Waals surface area contributed by atoms with Gasteiger partial charge in [-0.15, -0.1) is 0 Å². The molecule has 2 aromatic carbocycles. The molecule has 3 rings (SSSR count). The van der Waals surface area contributed by atoms with Gasteiger partial charge in [0.2, 0.25) is 5.91 Å². The Morgan fingerprint density at radius 3 is 2.14 bits per heavy atom. The Morgan fingerprint density at radius 1 is 1.11 bits per heavy atom. The van der Waals surface area contributed by atoms with E-state index in [1.54, 1.807) is 4.68 Å². The van der Waals surface area contributed by atoms with Crippen LogP contribution < -0.4 is 5.73 Å². The SMILES string of the molecule is CN(Cn1nc(CCC(N)=O)n(C)c1=S)C(c1ccccc1)c1ccccc1. The predicted octanol–water partition coefficient (Wildman–Crippen LogP) is 3.05. The number of amides is 1. The molecule has 0 aliphatic heterocycles. The van der Waals surface area contributed by atoms with Crippen LogP contribution in [0.25, 0.3) is 0 Å². The maximum absolute atomic E-state index is 11.1. The van der Waals surface area contributed by atoms with Crippen LogP contribution in [0.3, 0.4) is 0 Å². The second-order valence-corrected chi connectivity index (χ2v) is 7.21. The molecule has 0 aliphatic carbocycles. The van der Waals surface area contributed by atoms with Crippen molar-refractivity contribution in [3.8, 4) is 0 Å². The minimum Gasteiger partial charge on any atom is -0.370 e. The minimum absolute atomic E-state index is 0.0698. The van der Waals surface area contributed by atoms with Gasteiger partial charge in [-0.25, -0.2) is 4.68 Å². The summed E-state index contributed by atoms with van der Waals surface area (Å²) in [7, 11) is 3.93. The molecule has 1 heterocycles. The van der Waals surface area contributed by atoms with Crippen molar-refractivity contribution in [3.63, 3.8) is 0 Å². The first-order chi connectivity index (χ1) is 13.5. The average Bonchev–Trinajstić information content (AvgIpc) is 2.96. The molecule has 1 amide bonds. The molecule has 0 unspecified atom stereocenters. The summed E-state index contributed by atoms with van der Waals surface area (Å²) in [5, 5.41) is 4.62. The summed E-state index contributed by atoms with van der Waals surface area (Å²) >= 11 is 5.55. The fourth-order valence-electron chi connectivity index (χ4n) is 3.34. The third-order valence-corrected chi connectivity index (χ3v) is 5.24. The van der Waals surface area contributed by atoms with Gasteiger partial charge in [0.1, 0.15) is 5.82 Å². The lowest BCUT2D eigenvalue weighted by Crippen LogP contribution is -2.28. The van der Waals surface area contributed by atoms with Crippen LogP contribution in [0.15, 0.2) is 60.7 Å². The standard InChI is InChI=1S/C21H25N5OS/c1-24(15-26-21(28)25(2)19(23-26)14-13-18(22)27)20(16-9-5-3-6-10-16)17-11-7-4-8-12-17/h3-12,20H,13-15H2,1-2H3,(H2,22,27). The highest BCUT2D eigenvalue weighted by Crippen LogP contribution is 2.27. The van der Waals surface area contributed by atoms with Crippen molar-refractivity contribution in [2.45, 2.75) is 25.6 Å². The second kappa shape index (κ2) is 8.95. The Morgan fingerprint density at radius 2 is 1.64 bits per heavy atom. The third-order valence-electron chi connectivity index (χ3n) is 4.75. The topological polar surface area (TPSA) is 69.1 Å². The van der Waals surface area contributed by atoms with E-state index in [1.807, 2.05) is 48.0 Å². The van der Waals surface area contributed by atoms with Crippen LogP contribution in [0.2, 0.25) is 0 Å². The van der Waals surface area contributed by atoms with E-state index in [-0.39, 0.29) is 18.4 Å². The fraction of sp³-hybridized carbons (Fsp3) is 0.286. The lowest BCUT2D eigenvalue weighted by molar-refractivity contribution is -0.118. The number of carbonyl (C=O) groups excluding carboxylic acids is 1. The largest absolute Gasteiger partial charge is 0.370 e. The molecule has 0 bridgehead atoms. The Kier molecular flexibility index (Phi) is 6.38. The van der Waals surface area contributed by atoms with Gasteiger partial charge in [-0.3, -0.25) is 9.69 Å². The third kappa shape index (κ3) is 4.55. The molecule has 3 aromatic rings. The van der Waals surface area contributed by atoms with Crippen molar-refractivity contribution in [2.24, 2.45) is 12.8 Å². The summed E-state index contributed by atoms with van der Waals surface area (Å²) in [6.45, 7) is 0.525. The summed E-state index contributed by atoms with van der Waals surface area (Å²) in [6.07, 6.45) is 0.735. The highest BCUT2D eigenvalue weighted by molar-refractivity contribution is 7.71. The number of primary amides is 1. The lowest BCUT2D eigenvalue weighted by atomic mass is 9.98. The lowest BCUT2D eigenvalue weighted by Gasteiger charge is -2.28. The Balaban J connectivity index is 1.89. The molecule has 6 nitrogen and oxygen atoms in total. The number of nitrogens with zero attached hydrogens (tertiary/aromatic N) is 4. The van der Waals surface area contributed by atoms with E-state index in [2.05, 4.69) is 41.3 Å². The summed E-state index contributed by atoms with van der Waals surface area (Å²) in [6, 6.07) is 20.8. The number of benzene rings is 2. The van der Waals surface area contributed by atoms with E-state index in [9.17, 15) is 4.79 Å². The molecule has 0 spiro atoms. The number of aromatic nitrogens is 3. The number of nitrogens with two attached hydrogens (primary N) is 1. The first-order valence-electron chi connectivity index (χ1n) is 9.18. The van der Waals surface area contributed by atoms with Crippen LogP contribution in [-0.4, -0.2) is 32.2 Å². The van der Waals surface area contributed by atoms with Crippen molar-refractivity contribution in [3.05, 3.63) is 82.4 Å². The first kappa shape index (κ1) is 20.0. The van der Waals surface area contributed by atoms with E-state index in [4.69, 9.17) is 18.0 Å². The monoisotopic (exact) mass is 395 g/mol. The molecule has 0 aliphatic rings. The quantitative estimate of drug-likeness (QED) is 0.595. The van der Waals surface area contributed by atoms with Crippen molar-refractivity contribution < 1.29 is 4.79 Å². The molecule has 1 aromatic heterocycles. The molecule has 0 fully saturated rings. The van der Waals surface area contributed by atoms with Crippen LogP contribution in [-0.2, 0) is 24.9 Å². The molecular formula is C21H25N5OS. The maximum Gasteiger partial charge on any atom is 0.217 e. The molecule has 7 heteroatoms. The molecule has 0 radical (unpaired) electrons. The van der Waals surface area contributed by atoms with Gasteiger partial charge in [0, 0.05) is 19.9 Å². The van der Waals surface area contributed by atoms with E-state index < -0.39 is 0 Å². The summed E-state index contributed by atoms with van der Waals surface area (Å²) < 4.78 is 4.25. The maximum atomic E-state index is 11.1. The summed E-state index contributed by atoms with van der Waals surface area (Å²) in [4.78, 5) is 13.3. The number of aryl methyl sites for hydroxylation is 1.